The number of phenolic OH excluding ortho intramolecular Hbond substituents is 1. The maximum Gasteiger partial charge on any atom is 0.223 e. The third-order valence-electron chi connectivity index (χ3n) is 2.81. The molecule has 0 saturated carbocycles. The lowest BCUT2D eigenvalue weighted by Gasteiger charge is -2.21. The Bertz CT molecular complexity index is 387. The summed E-state index contributed by atoms with van der Waals surface area (Å²) >= 11 is 0. The van der Waals surface area contributed by atoms with Crippen LogP contribution in [0.4, 0.5) is 5.69 Å². The largest absolute Gasteiger partial charge is 0.508 e. The highest BCUT2D eigenvalue weighted by Gasteiger charge is 2.18. The average Bonchev–Trinajstić information content (AvgIpc) is 2.38. The van der Waals surface area contributed by atoms with Gasteiger partial charge < -0.3 is 10.0 Å². The summed E-state index contributed by atoms with van der Waals surface area (Å²) in [5.41, 5.74) is 2.03. The summed E-state index contributed by atoms with van der Waals surface area (Å²) in [7, 11) is 0. The van der Waals surface area contributed by atoms with E-state index in [1.165, 1.54) is 0 Å². The van der Waals surface area contributed by atoms with Gasteiger partial charge in [0.25, 0.3) is 0 Å². The van der Waals surface area contributed by atoms with E-state index < -0.39 is 0 Å². The Labute approximate surface area is 89.3 Å². The van der Waals surface area contributed by atoms with Crippen molar-refractivity contribution in [1.82, 2.24) is 0 Å². The molecule has 0 radical (unpaired) electrons. The Morgan fingerprint density at radius 3 is 2.93 bits per heavy atom. The van der Waals surface area contributed by atoms with Gasteiger partial charge in [-0.15, -0.1) is 0 Å². The van der Waals surface area contributed by atoms with Crippen LogP contribution in [0, 0.1) is 0 Å². The minimum atomic E-state index is 0.0730. The molecule has 3 nitrogen and oxygen atoms in total. The van der Waals surface area contributed by atoms with E-state index >= 15 is 0 Å². The van der Waals surface area contributed by atoms with Gasteiger partial charge in [-0.05, 0) is 43.0 Å². The van der Waals surface area contributed by atoms with E-state index in [1.54, 1.807) is 24.0 Å². The van der Waals surface area contributed by atoms with Crippen molar-refractivity contribution in [2.45, 2.75) is 26.2 Å². The topological polar surface area (TPSA) is 40.5 Å². The van der Waals surface area contributed by atoms with Crippen LogP contribution in [0.5, 0.6) is 5.75 Å². The van der Waals surface area contributed by atoms with Gasteiger partial charge in [-0.3, -0.25) is 4.79 Å². The predicted octanol–water partition coefficient (Wildman–Crippen LogP) is 2.08. The number of aryl methyl sites for hydroxylation is 1. The van der Waals surface area contributed by atoms with E-state index in [1.807, 2.05) is 6.07 Å². The number of amides is 1. The summed E-state index contributed by atoms with van der Waals surface area (Å²) in [6.07, 6.45) is 3.03. The van der Waals surface area contributed by atoms with Gasteiger partial charge in [0.05, 0.1) is 0 Å². The SMILES string of the molecule is CC(=O)N1CCCCc2cc(O)ccc21. The highest BCUT2D eigenvalue weighted by Crippen LogP contribution is 2.29. The summed E-state index contributed by atoms with van der Waals surface area (Å²) in [6.45, 7) is 2.37. The molecular formula is C12H15NO2. The van der Waals surface area contributed by atoms with Crippen LogP contribution in [0.2, 0.25) is 0 Å². The summed E-state index contributed by atoms with van der Waals surface area (Å²) in [6, 6.07) is 5.23. The van der Waals surface area contributed by atoms with Crippen LogP contribution in [0.3, 0.4) is 0 Å². The van der Waals surface area contributed by atoms with Gasteiger partial charge in [0.2, 0.25) is 5.91 Å². The second-order valence-electron chi connectivity index (χ2n) is 3.94. The summed E-state index contributed by atoms with van der Waals surface area (Å²) in [5, 5.41) is 9.40. The van der Waals surface area contributed by atoms with Crippen LogP contribution in [-0.2, 0) is 11.2 Å². The number of nitrogens with zero attached hydrogens (tertiary/aromatic N) is 1. The molecule has 0 bridgehead atoms. The molecule has 15 heavy (non-hydrogen) atoms. The molecule has 1 aliphatic rings. The minimum Gasteiger partial charge on any atom is -0.508 e. The normalized spacial score (nSPS) is 15.7. The number of aromatic hydroxyl groups is 1. The molecule has 0 saturated heterocycles. The van der Waals surface area contributed by atoms with E-state index in [-0.39, 0.29) is 11.7 Å². The number of carbonyl (C=O) groups excluding carboxylic acids is 1. The predicted molar refractivity (Wildman–Crippen MR) is 59.1 cm³/mol. The fraction of sp³-hybridized carbons (Fsp3) is 0.417. The molecule has 1 heterocycles. The molecule has 1 amide bonds. The van der Waals surface area contributed by atoms with Crippen LogP contribution in [0.15, 0.2) is 18.2 Å². The molecule has 0 atom stereocenters. The molecule has 0 aromatic heterocycles. The van der Waals surface area contributed by atoms with E-state index in [4.69, 9.17) is 0 Å². The van der Waals surface area contributed by atoms with Gasteiger partial charge in [-0.25, -0.2) is 0 Å². The van der Waals surface area contributed by atoms with E-state index in [0.29, 0.717) is 0 Å². The fourth-order valence-corrected chi connectivity index (χ4v) is 2.07. The Morgan fingerprint density at radius 2 is 2.20 bits per heavy atom. The van der Waals surface area contributed by atoms with Crippen LogP contribution >= 0.6 is 0 Å². The van der Waals surface area contributed by atoms with Crippen LogP contribution < -0.4 is 4.90 Å². The van der Waals surface area contributed by atoms with Crippen molar-refractivity contribution in [2.24, 2.45) is 0 Å². The quantitative estimate of drug-likeness (QED) is 0.704. The molecule has 2 rings (SSSR count). The fourth-order valence-electron chi connectivity index (χ4n) is 2.07. The number of fused-ring (bicyclic) bond motifs is 1. The highest BCUT2D eigenvalue weighted by molar-refractivity contribution is 5.92. The standard InChI is InChI=1S/C12H15NO2/c1-9(14)13-7-3-2-4-10-8-11(15)5-6-12(10)13/h5-6,8,15H,2-4,7H2,1H3. The Balaban J connectivity index is 2.45. The second-order valence-corrected chi connectivity index (χ2v) is 3.94. The maximum absolute atomic E-state index is 11.5. The van der Waals surface area contributed by atoms with Crippen LogP contribution in [0.25, 0.3) is 0 Å². The lowest BCUT2D eigenvalue weighted by Crippen LogP contribution is -2.29. The van der Waals surface area contributed by atoms with Crippen molar-refractivity contribution in [3.63, 3.8) is 0 Å². The van der Waals surface area contributed by atoms with Gasteiger partial charge >= 0.3 is 0 Å². The molecule has 0 aliphatic carbocycles. The van der Waals surface area contributed by atoms with E-state index in [0.717, 1.165) is 37.1 Å². The first-order valence-electron chi connectivity index (χ1n) is 5.28. The smallest absolute Gasteiger partial charge is 0.223 e. The highest BCUT2D eigenvalue weighted by atomic mass is 16.3. The first-order chi connectivity index (χ1) is 7.18. The zero-order chi connectivity index (χ0) is 10.8. The summed E-state index contributed by atoms with van der Waals surface area (Å²) in [5.74, 6) is 0.350. The average molecular weight is 205 g/mol. The van der Waals surface area contributed by atoms with Crippen molar-refractivity contribution >= 4 is 11.6 Å². The molecule has 1 aromatic carbocycles. The lowest BCUT2D eigenvalue weighted by atomic mass is 10.1. The van der Waals surface area contributed by atoms with E-state index in [9.17, 15) is 9.90 Å². The Morgan fingerprint density at radius 1 is 1.40 bits per heavy atom. The number of hydrogen-bond acceptors (Lipinski definition) is 2. The second kappa shape index (κ2) is 3.93. The number of hydrogen-bond donors (Lipinski definition) is 1. The van der Waals surface area contributed by atoms with Gasteiger partial charge in [0.1, 0.15) is 5.75 Å². The molecular weight excluding hydrogens is 190 g/mol. The van der Waals surface area contributed by atoms with Gasteiger partial charge in [0.15, 0.2) is 0 Å². The number of anilines is 1. The van der Waals surface area contributed by atoms with Crippen molar-refractivity contribution in [3.8, 4) is 5.75 Å². The van der Waals surface area contributed by atoms with Gasteiger partial charge in [-0.2, -0.15) is 0 Å². The number of phenols is 1. The summed E-state index contributed by atoms with van der Waals surface area (Å²) < 4.78 is 0. The van der Waals surface area contributed by atoms with Crippen molar-refractivity contribution < 1.29 is 9.90 Å². The monoisotopic (exact) mass is 205 g/mol. The molecule has 0 fully saturated rings. The van der Waals surface area contributed by atoms with E-state index in [2.05, 4.69) is 0 Å². The van der Waals surface area contributed by atoms with Crippen molar-refractivity contribution in [1.29, 1.82) is 0 Å². The molecule has 0 unspecified atom stereocenters. The summed E-state index contributed by atoms with van der Waals surface area (Å²) in [4.78, 5) is 13.3. The molecule has 3 heteroatoms. The number of carbonyl (C=O) groups is 1. The number of benzene rings is 1. The minimum absolute atomic E-state index is 0.0730. The van der Waals surface area contributed by atoms with Crippen LogP contribution in [0.1, 0.15) is 25.3 Å². The van der Waals surface area contributed by atoms with Gasteiger partial charge in [-0.1, -0.05) is 0 Å². The first-order valence-corrected chi connectivity index (χ1v) is 5.28. The zero-order valence-corrected chi connectivity index (χ0v) is 8.86. The maximum atomic E-state index is 11.5. The number of rotatable bonds is 0. The third-order valence-corrected chi connectivity index (χ3v) is 2.81. The third kappa shape index (κ3) is 1.96. The Hall–Kier alpha value is -1.51. The first kappa shape index (κ1) is 10.0. The van der Waals surface area contributed by atoms with Gasteiger partial charge in [0, 0.05) is 19.2 Å². The Kier molecular flexibility index (Phi) is 2.62. The molecule has 80 valence electrons. The lowest BCUT2D eigenvalue weighted by molar-refractivity contribution is -0.116. The molecule has 1 N–H and O–H groups in total. The van der Waals surface area contributed by atoms with Crippen LogP contribution in [-0.4, -0.2) is 17.6 Å². The molecule has 1 aliphatic heterocycles. The molecule has 0 spiro atoms. The molecule has 1 aromatic rings. The van der Waals surface area contributed by atoms with Crippen molar-refractivity contribution in [2.75, 3.05) is 11.4 Å². The van der Waals surface area contributed by atoms with Crippen molar-refractivity contribution in [3.05, 3.63) is 23.8 Å². The zero-order valence-electron chi connectivity index (χ0n) is 8.86.